The zero-order valence-electron chi connectivity index (χ0n) is 12.1. The van der Waals surface area contributed by atoms with Gasteiger partial charge in [-0.25, -0.2) is 9.78 Å². The fraction of sp³-hybridized carbons (Fsp3) is 0.222. The summed E-state index contributed by atoms with van der Waals surface area (Å²) in [5.41, 5.74) is 5.78. The molecule has 22 heavy (non-hydrogen) atoms. The Morgan fingerprint density at radius 2 is 1.91 bits per heavy atom. The van der Waals surface area contributed by atoms with E-state index in [1.165, 1.54) is 30.4 Å². The number of carboxylic acid groups (broad SMARTS) is 1. The summed E-state index contributed by atoms with van der Waals surface area (Å²) in [5, 5.41) is 9.06. The molecule has 1 aromatic carbocycles. The molecule has 0 saturated carbocycles. The second kappa shape index (κ2) is 4.98. The van der Waals surface area contributed by atoms with Gasteiger partial charge >= 0.3 is 5.97 Å². The van der Waals surface area contributed by atoms with Gasteiger partial charge < -0.3 is 9.51 Å². The van der Waals surface area contributed by atoms with Gasteiger partial charge in [-0.05, 0) is 55.0 Å². The first-order chi connectivity index (χ1) is 10.7. The molecular formula is C18H16N2O2. The van der Waals surface area contributed by atoms with Crippen LogP contribution in [0.2, 0.25) is 0 Å². The smallest absolute Gasteiger partial charge is 0.335 e. The molecule has 110 valence electrons. The van der Waals surface area contributed by atoms with Gasteiger partial charge in [0.1, 0.15) is 5.65 Å². The minimum atomic E-state index is -0.930. The fourth-order valence-electron chi connectivity index (χ4n) is 3.15. The van der Waals surface area contributed by atoms with Crippen LogP contribution in [0, 0.1) is 0 Å². The minimum Gasteiger partial charge on any atom is -0.478 e. The number of aromatic carboxylic acids is 1. The lowest BCUT2D eigenvalue weighted by Crippen LogP contribution is -2.02. The maximum absolute atomic E-state index is 11.0. The number of imidazole rings is 1. The topological polar surface area (TPSA) is 54.6 Å². The van der Waals surface area contributed by atoms with Gasteiger partial charge in [0.05, 0.1) is 11.3 Å². The molecule has 0 atom stereocenters. The summed E-state index contributed by atoms with van der Waals surface area (Å²) in [4.78, 5) is 15.6. The van der Waals surface area contributed by atoms with Gasteiger partial charge in [0.2, 0.25) is 0 Å². The van der Waals surface area contributed by atoms with Crippen LogP contribution in [0.4, 0.5) is 0 Å². The van der Waals surface area contributed by atoms with Crippen LogP contribution in [-0.4, -0.2) is 20.5 Å². The third-order valence-corrected chi connectivity index (χ3v) is 4.35. The van der Waals surface area contributed by atoms with Gasteiger partial charge in [-0.1, -0.05) is 12.1 Å². The SMILES string of the molecule is O=C(O)c1ccn2cc(-c3ccc4c(c3)CCCC4)nc2c1. The Bertz CT molecular complexity index is 880. The van der Waals surface area contributed by atoms with Crippen LogP contribution in [0.1, 0.15) is 34.3 Å². The largest absolute Gasteiger partial charge is 0.478 e. The average molecular weight is 292 g/mol. The van der Waals surface area contributed by atoms with Crippen LogP contribution in [-0.2, 0) is 12.8 Å². The van der Waals surface area contributed by atoms with Gasteiger partial charge in [-0.15, -0.1) is 0 Å². The second-order valence-electron chi connectivity index (χ2n) is 5.80. The van der Waals surface area contributed by atoms with Crippen molar-refractivity contribution in [2.75, 3.05) is 0 Å². The van der Waals surface area contributed by atoms with Crippen molar-refractivity contribution in [3.63, 3.8) is 0 Å². The first kappa shape index (κ1) is 13.1. The summed E-state index contributed by atoms with van der Waals surface area (Å²) in [5.74, 6) is -0.930. The molecule has 0 amide bonds. The third kappa shape index (κ3) is 2.17. The van der Waals surface area contributed by atoms with Gasteiger partial charge in [0.15, 0.2) is 0 Å². The van der Waals surface area contributed by atoms with Gasteiger partial charge in [0, 0.05) is 18.0 Å². The molecule has 1 aliphatic carbocycles. The van der Waals surface area contributed by atoms with E-state index in [4.69, 9.17) is 5.11 Å². The Balaban J connectivity index is 1.79. The number of carboxylic acids is 1. The molecule has 2 heterocycles. The van der Waals surface area contributed by atoms with Crippen molar-refractivity contribution in [3.8, 4) is 11.3 Å². The highest BCUT2D eigenvalue weighted by Gasteiger charge is 2.12. The zero-order valence-corrected chi connectivity index (χ0v) is 12.1. The van der Waals surface area contributed by atoms with Crippen molar-refractivity contribution in [3.05, 3.63) is 59.4 Å². The molecule has 0 aliphatic heterocycles. The number of aryl methyl sites for hydroxylation is 2. The number of benzene rings is 1. The monoisotopic (exact) mass is 292 g/mol. The average Bonchev–Trinajstić information content (AvgIpc) is 2.97. The van der Waals surface area contributed by atoms with E-state index in [2.05, 4.69) is 23.2 Å². The van der Waals surface area contributed by atoms with E-state index in [0.717, 1.165) is 17.7 Å². The zero-order chi connectivity index (χ0) is 15.1. The van der Waals surface area contributed by atoms with E-state index in [-0.39, 0.29) is 5.56 Å². The van der Waals surface area contributed by atoms with Crippen molar-refractivity contribution in [2.45, 2.75) is 25.7 Å². The van der Waals surface area contributed by atoms with Crippen LogP contribution >= 0.6 is 0 Å². The number of hydrogen-bond acceptors (Lipinski definition) is 2. The molecule has 4 rings (SSSR count). The number of pyridine rings is 1. The van der Waals surface area contributed by atoms with E-state index in [1.807, 2.05) is 10.6 Å². The van der Waals surface area contributed by atoms with Crippen molar-refractivity contribution >= 4 is 11.6 Å². The quantitative estimate of drug-likeness (QED) is 0.785. The van der Waals surface area contributed by atoms with E-state index in [0.29, 0.717) is 5.65 Å². The number of fused-ring (bicyclic) bond motifs is 2. The fourth-order valence-corrected chi connectivity index (χ4v) is 3.15. The summed E-state index contributed by atoms with van der Waals surface area (Å²) >= 11 is 0. The molecule has 0 spiro atoms. The Hall–Kier alpha value is -2.62. The minimum absolute atomic E-state index is 0.259. The van der Waals surface area contributed by atoms with Gasteiger partial charge in [-0.2, -0.15) is 0 Å². The summed E-state index contributed by atoms with van der Waals surface area (Å²) in [6.07, 6.45) is 8.53. The normalized spacial score (nSPS) is 14.0. The Labute approximate surface area is 128 Å². The van der Waals surface area contributed by atoms with E-state index < -0.39 is 5.97 Å². The molecule has 1 N–H and O–H groups in total. The molecule has 0 unspecified atom stereocenters. The van der Waals surface area contributed by atoms with Gasteiger partial charge in [0.25, 0.3) is 0 Å². The molecule has 0 saturated heterocycles. The van der Waals surface area contributed by atoms with Gasteiger partial charge in [-0.3, -0.25) is 0 Å². The lowest BCUT2D eigenvalue weighted by Gasteiger charge is -2.15. The number of rotatable bonds is 2. The van der Waals surface area contributed by atoms with Crippen LogP contribution in [0.3, 0.4) is 0 Å². The van der Waals surface area contributed by atoms with Crippen LogP contribution in [0.5, 0.6) is 0 Å². The lowest BCUT2D eigenvalue weighted by molar-refractivity contribution is 0.0697. The van der Waals surface area contributed by atoms with Crippen molar-refractivity contribution in [1.29, 1.82) is 0 Å². The molecular weight excluding hydrogens is 276 g/mol. The maximum atomic E-state index is 11.0. The van der Waals surface area contributed by atoms with Crippen LogP contribution < -0.4 is 0 Å². The van der Waals surface area contributed by atoms with Crippen molar-refractivity contribution in [1.82, 2.24) is 9.38 Å². The molecule has 1 aliphatic rings. The lowest BCUT2D eigenvalue weighted by atomic mass is 9.90. The Kier molecular flexibility index (Phi) is 2.96. The van der Waals surface area contributed by atoms with Crippen LogP contribution in [0.25, 0.3) is 16.9 Å². The second-order valence-corrected chi connectivity index (χ2v) is 5.80. The van der Waals surface area contributed by atoms with E-state index in [9.17, 15) is 4.79 Å². The third-order valence-electron chi connectivity index (χ3n) is 4.35. The number of aromatic nitrogens is 2. The predicted molar refractivity (Wildman–Crippen MR) is 84.2 cm³/mol. The summed E-state index contributed by atoms with van der Waals surface area (Å²) in [7, 11) is 0. The van der Waals surface area contributed by atoms with Crippen LogP contribution in [0.15, 0.2) is 42.7 Å². The standard InChI is InChI=1S/C18H16N2O2/c21-18(22)15-7-8-20-11-16(19-17(20)10-15)14-6-5-12-3-1-2-4-13(12)9-14/h5-11H,1-4H2,(H,21,22). The number of carbonyl (C=O) groups is 1. The van der Waals surface area contributed by atoms with Crippen molar-refractivity contribution < 1.29 is 9.90 Å². The van der Waals surface area contributed by atoms with E-state index in [1.54, 1.807) is 18.3 Å². The number of hydrogen-bond donors (Lipinski definition) is 1. The Morgan fingerprint density at radius 3 is 2.73 bits per heavy atom. The summed E-state index contributed by atoms with van der Waals surface area (Å²) < 4.78 is 1.86. The summed E-state index contributed by atoms with van der Waals surface area (Å²) in [6, 6.07) is 9.74. The highest BCUT2D eigenvalue weighted by Crippen LogP contribution is 2.27. The molecule has 0 bridgehead atoms. The maximum Gasteiger partial charge on any atom is 0.335 e. The molecule has 2 aromatic heterocycles. The summed E-state index contributed by atoms with van der Waals surface area (Å²) in [6.45, 7) is 0. The predicted octanol–water partition coefficient (Wildman–Crippen LogP) is 3.58. The highest BCUT2D eigenvalue weighted by molar-refractivity contribution is 5.88. The first-order valence-corrected chi connectivity index (χ1v) is 7.55. The van der Waals surface area contributed by atoms with E-state index >= 15 is 0 Å². The molecule has 0 fully saturated rings. The Morgan fingerprint density at radius 1 is 1.09 bits per heavy atom. The number of nitrogens with zero attached hydrogens (tertiary/aromatic N) is 2. The molecule has 4 heteroatoms. The molecule has 4 nitrogen and oxygen atoms in total. The first-order valence-electron chi connectivity index (χ1n) is 7.55. The highest BCUT2D eigenvalue weighted by atomic mass is 16.4. The molecule has 0 radical (unpaired) electrons. The molecule has 3 aromatic rings. The van der Waals surface area contributed by atoms with Crippen molar-refractivity contribution in [2.24, 2.45) is 0 Å².